The monoisotopic (exact) mass is 335 g/mol. The van der Waals surface area contributed by atoms with Crippen molar-refractivity contribution in [1.29, 1.82) is 0 Å². The van der Waals surface area contributed by atoms with Crippen LogP contribution in [0.25, 0.3) is 0 Å². The molecule has 1 atom stereocenters. The number of carbonyl (C=O) groups excluding carboxylic acids is 2. The fraction of sp³-hybridized carbons (Fsp3) is 0.471. The number of aliphatic carboxylic acids is 1. The van der Waals surface area contributed by atoms with Gasteiger partial charge < -0.3 is 21.1 Å². The van der Waals surface area contributed by atoms with Gasteiger partial charge in [0, 0.05) is 12.5 Å². The number of nitrogens with one attached hydrogen (secondary N) is 3. The molecule has 0 unspecified atom stereocenters. The van der Waals surface area contributed by atoms with Crippen LogP contribution >= 0.6 is 0 Å². The lowest BCUT2D eigenvalue weighted by Crippen LogP contribution is -2.51. The second kappa shape index (κ2) is 10.3. The highest BCUT2D eigenvalue weighted by Gasteiger charge is 2.23. The normalized spacial score (nSPS) is 11.6. The maximum absolute atomic E-state index is 12.0. The quantitative estimate of drug-likeness (QED) is 0.548. The number of hydrogen-bond acceptors (Lipinski definition) is 3. The minimum absolute atomic E-state index is 0.179. The molecule has 132 valence electrons. The lowest BCUT2D eigenvalue weighted by Gasteiger charge is -2.19. The van der Waals surface area contributed by atoms with Crippen LogP contribution in [0.2, 0.25) is 0 Å². The van der Waals surface area contributed by atoms with Crippen LogP contribution in [0, 0.1) is 5.92 Å². The molecule has 0 saturated carbocycles. The van der Waals surface area contributed by atoms with E-state index < -0.39 is 18.0 Å². The molecule has 0 spiro atoms. The molecule has 0 aliphatic rings. The zero-order valence-corrected chi connectivity index (χ0v) is 14.0. The highest BCUT2D eigenvalue weighted by molar-refractivity contribution is 5.85. The van der Waals surface area contributed by atoms with Gasteiger partial charge in [-0.1, -0.05) is 44.2 Å². The summed E-state index contributed by atoms with van der Waals surface area (Å²) >= 11 is 0. The van der Waals surface area contributed by atoms with E-state index in [-0.39, 0.29) is 18.4 Å². The van der Waals surface area contributed by atoms with Crippen molar-refractivity contribution in [1.82, 2.24) is 16.0 Å². The van der Waals surface area contributed by atoms with E-state index in [4.69, 9.17) is 0 Å². The Balaban J connectivity index is 2.44. The van der Waals surface area contributed by atoms with Gasteiger partial charge in [-0.05, 0) is 18.4 Å². The van der Waals surface area contributed by atoms with Gasteiger partial charge in [0.2, 0.25) is 5.91 Å². The fourth-order valence-electron chi connectivity index (χ4n) is 2.18. The van der Waals surface area contributed by atoms with Crippen molar-refractivity contribution >= 4 is 17.9 Å². The minimum Gasteiger partial charge on any atom is -0.480 e. The fourth-order valence-corrected chi connectivity index (χ4v) is 2.18. The van der Waals surface area contributed by atoms with Gasteiger partial charge in [-0.15, -0.1) is 0 Å². The Kier molecular flexibility index (Phi) is 8.32. The first-order valence-corrected chi connectivity index (χ1v) is 8.06. The SMILES string of the molecule is CCC(CC)C(=O)N[C@@H](CNC(=O)NCc1ccccc1)C(=O)O. The molecule has 0 heterocycles. The third kappa shape index (κ3) is 6.68. The van der Waals surface area contributed by atoms with Crippen LogP contribution < -0.4 is 16.0 Å². The topological polar surface area (TPSA) is 108 Å². The molecule has 0 fully saturated rings. The average Bonchev–Trinajstić information content (AvgIpc) is 2.58. The first kappa shape index (κ1) is 19.5. The standard InChI is InChI=1S/C17H25N3O4/c1-3-13(4-2)15(21)20-14(16(22)23)11-19-17(24)18-10-12-8-6-5-7-9-12/h5-9,13-14H,3-4,10-11H2,1-2H3,(H,20,21)(H,22,23)(H2,18,19,24)/t14-/m0/s1. The van der Waals surface area contributed by atoms with Crippen molar-refractivity contribution in [3.8, 4) is 0 Å². The van der Waals surface area contributed by atoms with E-state index in [1.165, 1.54) is 0 Å². The number of benzene rings is 1. The second-order valence-corrected chi connectivity index (χ2v) is 5.46. The van der Waals surface area contributed by atoms with E-state index in [0.29, 0.717) is 19.4 Å². The van der Waals surface area contributed by atoms with Gasteiger partial charge in [0.05, 0.1) is 6.54 Å². The number of carbonyl (C=O) groups is 3. The molecule has 0 aromatic heterocycles. The molecule has 0 bridgehead atoms. The molecule has 1 aromatic carbocycles. The summed E-state index contributed by atoms with van der Waals surface area (Å²) in [5.41, 5.74) is 0.935. The molecule has 7 nitrogen and oxygen atoms in total. The Bertz CT molecular complexity index is 544. The van der Waals surface area contributed by atoms with E-state index in [9.17, 15) is 19.5 Å². The number of amides is 3. The van der Waals surface area contributed by atoms with Crippen LogP contribution in [0.5, 0.6) is 0 Å². The molecule has 3 amide bonds. The molecule has 0 saturated heterocycles. The second-order valence-electron chi connectivity index (χ2n) is 5.46. The van der Waals surface area contributed by atoms with Gasteiger partial charge in [-0.25, -0.2) is 9.59 Å². The molecule has 0 radical (unpaired) electrons. The number of hydrogen-bond donors (Lipinski definition) is 4. The van der Waals surface area contributed by atoms with Gasteiger partial charge >= 0.3 is 12.0 Å². The Hall–Kier alpha value is -2.57. The summed E-state index contributed by atoms with van der Waals surface area (Å²) in [5.74, 6) is -1.71. The summed E-state index contributed by atoms with van der Waals surface area (Å²) < 4.78 is 0. The Labute approximate surface area is 141 Å². The van der Waals surface area contributed by atoms with Crippen LogP contribution in [-0.4, -0.2) is 35.6 Å². The Morgan fingerprint density at radius 3 is 2.21 bits per heavy atom. The van der Waals surface area contributed by atoms with Crippen LogP contribution in [0.3, 0.4) is 0 Å². The molecular weight excluding hydrogens is 310 g/mol. The predicted molar refractivity (Wildman–Crippen MR) is 90.3 cm³/mol. The molecule has 4 N–H and O–H groups in total. The summed E-state index contributed by atoms with van der Waals surface area (Å²) in [7, 11) is 0. The zero-order chi connectivity index (χ0) is 17.9. The van der Waals surface area contributed by atoms with E-state index >= 15 is 0 Å². The summed E-state index contributed by atoms with van der Waals surface area (Å²) in [6, 6.07) is 7.71. The molecule has 1 aromatic rings. The summed E-state index contributed by atoms with van der Waals surface area (Å²) in [6.45, 7) is 3.91. The number of urea groups is 1. The van der Waals surface area contributed by atoms with E-state index in [0.717, 1.165) is 5.56 Å². The average molecular weight is 335 g/mol. The summed E-state index contributed by atoms with van der Waals surface area (Å²) in [4.78, 5) is 35.0. The number of rotatable bonds is 9. The summed E-state index contributed by atoms with van der Waals surface area (Å²) in [5, 5.41) is 16.8. The Morgan fingerprint density at radius 2 is 1.67 bits per heavy atom. The van der Waals surface area contributed by atoms with Crippen molar-refractivity contribution in [2.24, 2.45) is 5.92 Å². The molecule has 24 heavy (non-hydrogen) atoms. The van der Waals surface area contributed by atoms with E-state index in [2.05, 4.69) is 16.0 Å². The largest absolute Gasteiger partial charge is 0.480 e. The van der Waals surface area contributed by atoms with Gasteiger partial charge in [-0.2, -0.15) is 0 Å². The van der Waals surface area contributed by atoms with Gasteiger partial charge in [0.25, 0.3) is 0 Å². The van der Waals surface area contributed by atoms with Crippen molar-refractivity contribution < 1.29 is 19.5 Å². The smallest absolute Gasteiger partial charge is 0.328 e. The van der Waals surface area contributed by atoms with Gasteiger partial charge in [0.1, 0.15) is 6.04 Å². The molecular formula is C17H25N3O4. The Morgan fingerprint density at radius 1 is 1.04 bits per heavy atom. The van der Waals surface area contributed by atoms with E-state index in [1.54, 1.807) is 0 Å². The first-order valence-electron chi connectivity index (χ1n) is 8.06. The van der Waals surface area contributed by atoms with Crippen molar-refractivity contribution in [2.45, 2.75) is 39.3 Å². The molecule has 7 heteroatoms. The third-order valence-corrected chi connectivity index (χ3v) is 3.73. The van der Waals surface area contributed by atoms with Crippen LogP contribution in [0.15, 0.2) is 30.3 Å². The highest BCUT2D eigenvalue weighted by atomic mass is 16.4. The number of carboxylic acids is 1. The highest BCUT2D eigenvalue weighted by Crippen LogP contribution is 2.07. The summed E-state index contributed by atoms with van der Waals surface area (Å²) in [6.07, 6.45) is 1.28. The zero-order valence-electron chi connectivity index (χ0n) is 14.0. The molecule has 0 aliphatic heterocycles. The predicted octanol–water partition coefficient (Wildman–Crippen LogP) is 1.49. The van der Waals surface area contributed by atoms with Crippen LogP contribution in [0.4, 0.5) is 4.79 Å². The van der Waals surface area contributed by atoms with Crippen LogP contribution in [0.1, 0.15) is 32.3 Å². The lowest BCUT2D eigenvalue weighted by molar-refractivity contribution is -0.142. The van der Waals surface area contributed by atoms with Crippen molar-refractivity contribution in [3.63, 3.8) is 0 Å². The minimum atomic E-state index is -1.18. The van der Waals surface area contributed by atoms with Crippen LogP contribution in [-0.2, 0) is 16.1 Å². The maximum Gasteiger partial charge on any atom is 0.328 e. The van der Waals surface area contributed by atoms with Crippen molar-refractivity contribution in [3.05, 3.63) is 35.9 Å². The third-order valence-electron chi connectivity index (χ3n) is 3.73. The maximum atomic E-state index is 12.0. The van der Waals surface area contributed by atoms with Gasteiger partial charge in [0.15, 0.2) is 0 Å². The van der Waals surface area contributed by atoms with Gasteiger partial charge in [-0.3, -0.25) is 4.79 Å². The molecule has 0 aliphatic carbocycles. The van der Waals surface area contributed by atoms with E-state index in [1.807, 2.05) is 44.2 Å². The van der Waals surface area contributed by atoms with Crippen molar-refractivity contribution in [2.75, 3.05) is 6.54 Å². The lowest BCUT2D eigenvalue weighted by atomic mass is 10.0. The first-order chi connectivity index (χ1) is 11.5. The number of carboxylic acid groups (broad SMARTS) is 1. The molecule has 1 rings (SSSR count).